The van der Waals surface area contributed by atoms with Crippen LogP contribution in [-0.2, 0) is 6.42 Å². The Morgan fingerprint density at radius 3 is 2.43 bits per heavy atom. The van der Waals surface area contributed by atoms with Crippen LogP contribution in [-0.4, -0.2) is 12.0 Å². The molecular formula is C12H19NS. The van der Waals surface area contributed by atoms with E-state index >= 15 is 0 Å². The second-order valence-electron chi connectivity index (χ2n) is 3.55. The van der Waals surface area contributed by atoms with Gasteiger partial charge in [0.2, 0.25) is 0 Å². The molecule has 0 saturated carbocycles. The lowest BCUT2D eigenvalue weighted by molar-refractivity contribution is 0.829. The van der Waals surface area contributed by atoms with E-state index in [9.17, 15) is 0 Å². The molecule has 0 aliphatic carbocycles. The number of hydrogen-bond acceptors (Lipinski definition) is 2. The molecule has 0 fully saturated rings. The average molecular weight is 209 g/mol. The van der Waals surface area contributed by atoms with Crippen LogP contribution in [0, 0.1) is 0 Å². The summed E-state index contributed by atoms with van der Waals surface area (Å²) in [5.74, 6) is 0.993. The molecule has 78 valence electrons. The van der Waals surface area contributed by atoms with Gasteiger partial charge in [-0.2, -0.15) is 11.8 Å². The Balaban J connectivity index is 2.62. The Morgan fingerprint density at radius 2 is 1.93 bits per heavy atom. The van der Waals surface area contributed by atoms with E-state index in [0.717, 1.165) is 12.2 Å². The van der Waals surface area contributed by atoms with Gasteiger partial charge in [0, 0.05) is 11.8 Å². The summed E-state index contributed by atoms with van der Waals surface area (Å²) in [4.78, 5) is 0. The predicted molar refractivity (Wildman–Crippen MR) is 65.7 cm³/mol. The van der Waals surface area contributed by atoms with Gasteiger partial charge < -0.3 is 5.73 Å². The third-order valence-corrected chi connectivity index (χ3v) is 2.99. The van der Waals surface area contributed by atoms with E-state index in [4.69, 9.17) is 5.73 Å². The van der Waals surface area contributed by atoms with Crippen LogP contribution in [0.3, 0.4) is 0 Å². The first-order valence-corrected chi connectivity index (χ1v) is 6.50. The minimum absolute atomic E-state index is 0.181. The lowest BCUT2D eigenvalue weighted by atomic mass is 10.0. The minimum Gasteiger partial charge on any atom is -0.323 e. The van der Waals surface area contributed by atoms with Crippen LogP contribution >= 0.6 is 11.8 Å². The van der Waals surface area contributed by atoms with Crippen LogP contribution in [0.2, 0.25) is 0 Å². The standard InChI is InChI=1S/C12H19NS/c1-3-4-10-5-7-11(8-6-10)12(13)9-14-2/h5-8,12H,3-4,9,13H2,1-2H3. The minimum atomic E-state index is 0.181. The highest BCUT2D eigenvalue weighted by molar-refractivity contribution is 7.98. The third-order valence-electron chi connectivity index (χ3n) is 2.29. The van der Waals surface area contributed by atoms with Crippen LogP contribution in [0.4, 0.5) is 0 Å². The Kier molecular flexibility index (Phi) is 5.05. The molecule has 2 heteroatoms. The number of benzene rings is 1. The lowest BCUT2D eigenvalue weighted by Gasteiger charge is -2.10. The summed E-state index contributed by atoms with van der Waals surface area (Å²) >= 11 is 1.79. The van der Waals surface area contributed by atoms with Gasteiger partial charge in [0.1, 0.15) is 0 Å². The maximum Gasteiger partial charge on any atom is 0.0386 e. The zero-order valence-corrected chi connectivity index (χ0v) is 9.81. The summed E-state index contributed by atoms with van der Waals surface area (Å²) in [6.07, 6.45) is 4.46. The molecule has 1 nitrogen and oxygen atoms in total. The van der Waals surface area contributed by atoms with Gasteiger partial charge in [0.25, 0.3) is 0 Å². The maximum absolute atomic E-state index is 6.01. The van der Waals surface area contributed by atoms with Crippen LogP contribution in [0.15, 0.2) is 24.3 Å². The molecule has 0 amide bonds. The van der Waals surface area contributed by atoms with E-state index in [2.05, 4.69) is 37.4 Å². The number of thioether (sulfide) groups is 1. The molecule has 14 heavy (non-hydrogen) atoms. The topological polar surface area (TPSA) is 26.0 Å². The summed E-state index contributed by atoms with van der Waals surface area (Å²) < 4.78 is 0. The van der Waals surface area contributed by atoms with E-state index in [1.54, 1.807) is 11.8 Å². The number of aryl methyl sites for hydroxylation is 1. The number of rotatable bonds is 5. The zero-order chi connectivity index (χ0) is 10.4. The van der Waals surface area contributed by atoms with Gasteiger partial charge in [0.05, 0.1) is 0 Å². The van der Waals surface area contributed by atoms with Crippen LogP contribution in [0.5, 0.6) is 0 Å². The summed E-state index contributed by atoms with van der Waals surface area (Å²) in [6, 6.07) is 8.89. The highest BCUT2D eigenvalue weighted by Crippen LogP contribution is 2.15. The van der Waals surface area contributed by atoms with Gasteiger partial charge in [-0.25, -0.2) is 0 Å². The van der Waals surface area contributed by atoms with Crippen LogP contribution < -0.4 is 5.73 Å². The second kappa shape index (κ2) is 6.10. The molecule has 0 saturated heterocycles. The van der Waals surface area contributed by atoms with Gasteiger partial charge in [-0.3, -0.25) is 0 Å². The lowest BCUT2D eigenvalue weighted by Crippen LogP contribution is -2.12. The SMILES string of the molecule is CCCc1ccc(C(N)CSC)cc1. The molecule has 0 aromatic heterocycles. The molecular weight excluding hydrogens is 190 g/mol. The van der Waals surface area contributed by atoms with Crippen molar-refractivity contribution in [3.63, 3.8) is 0 Å². The Labute approximate surface area is 91.1 Å². The van der Waals surface area contributed by atoms with Crippen molar-refractivity contribution in [1.29, 1.82) is 0 Å². The Bertz CT molecular complexity index is 256. The molecule has 0 radical (unpaired) electrons. The molecule has 2 N–H and O–H groups in total. The van der Waals surface area contributed by atoms with Crippen molar-refractivity contribution in [2.45, 2.75) is 25.8 Å². The molecule has 0 aliphatic rings. The molecule has 1 aromatic carbocycles. The van der Waals surface area contributed by atoms with Crippen molar-refractivity contribution < 1.29 is 0 Å². The first-order chi connectivity index (χ1) is 6.77. The summed E-state index contributed by atoms with van der Waals surface area (Å²) in [5.41, 5.74) is 8.67. The fraction of sp³-hybridized carbons (Fsp3) is 0.500. The molecule has 0 aliphatic heterocycles. The number of hydrogen-bond donors (Lipinski definition) is 1. The van der Waals surface area contributed by atoms with Crippen molar-refractivity contribution in [2.24, 2.45) is 5.73 Å². The predicted octanol–water partition coefficient (Wildman–Crippen LogP) is 3.00. The van der Waals surface area contributed by atoms with Crippen molar-refractivity contribution in [2.75, 3.05) is 12.0 Å². The zero-order valence-electron chi connectivity index (χ0n) is 8.99. The summed E-state index contributed by atoms with van der Waals surface area (Å²) in [7, 11) is 0. The Morgan fingerprint density at radius 1 is 1.29 bits per heavy atom. The van der Waals surface area contributed by atoms with E-state index in [1.165, 1.54) is 17.5 Å². The molecule has 1 rings (SSSR count). The van der Waals surface area contributed by atoms with Crippen molar-refractivity contribution >= 4 is 11.8 Å². The van der Waals surface area contributed by atoms with Gasteiger partial charge in [0.15, 0.2) is 0 Å². The molecule has 1 aromatic rings. The summed E-state index contributed by atoms with van der Waals surface area (Å²) in [5, 5.41) is 0. The van der Waals surface area contributed by atoms with Gasteiger partial charge in [-0.05, 0) is 23.8 Å². The van der Waals surface area contributed by atoms with Crippen molar-refractivity contribution in [1.82, 2.24) is 0 Å². The first kappa shape index (κ1) is 11.6. The quantitative estimate of drug-likeness (QED) is 0.806. The van der Waals surface area contributed by atoms with Crippen LogP contribution in [0.1, 0.15) is 30.5 Å². The second-order valence-corrected chi connectivity index (χ2v) is 4.46. The fourth-order valence-electron chi connectivity index (χ4n) is 1.50. The molecule has 0 heterocycles. The largest absolute Gasteiger partial charge is 0.323 e. The Hall–Kier alpha value is -0.470. The number of nitrogens with two attached hydrogens (primary N) is 1. The highest BCUT2D eigenvalue weighted by Gasteiger charge is 2.03. The monoisotopic (exact) mass is 209 g/mol. The van der Waals surface area contributed by atoms with E-state index in [-0.39, 0.29) is 6.04 Å². The van der Waals surface area contributed by atoms with E-state index in [0.29, 0.717) is 0 Å². The van der Waals surface area contributed by atoms with Crippen LogP contribution in [0.25, 0.3) is 0 Å². The molecule has 0 bridgehead atoms. The summed E-state index contributed by atoms with van der Waals surface area (Å²) in [6.45, 7) is 2.20. The highest BCUT2D eigenvalue weighted by atomic mass is 32.2. The van der Waals surface area contributed by atoms with Crippen molar-refractivity contribution in [3.05, 3.63) is 35.4 Å². The molecule has 1 unspecified atom stereocenters. The van der Waals surface area contributed by atoms with Crippen molar-refractivity contribution in [3.8, 4) is 0 Å². The van der Waals surface area contributed by atoms with Gasteiger partial charge in [-0.1, -0.05) is 37.6 Å². The van der Waals surface area contributed by atoms with Gasteiger partial charge >= 0.3 is 0 Å². The van der Waals surface area contributed by atoms with E-state index in [1.807, 2.05) is 0 Å². The fourth-order valence-corrected chi connectivity index (χ4v) is 2.05. The normalized spacial score (nSPS) is 12.8. The first-order valence-electron chi connectivity index (χ1n) is 5.11. The molecule has 1 atom stereocenters. The molecule has 0 spiro atoms. The average Bonchev–Trinajstić information content (AvgIpc) is 2.20. The van der Waals surface area contributed by atoms with E-state index < -0.39 is 0 Å². The maximum atomic E-state index is 6.01. The smallest absolute Gasteiger partial charge is 0.0386 e. The van der Waals surface area contributed by atoms with Gasteiger partial charge in [-0.15, -0.1) is 0 Å². The third kappa shape index (κ3) is 3.35.